The molecule has 0 atom stereocenters. The lowest BCUT2D eigenvalue weighted by molar-refractivity contribution is -0.121. The molecule has 0 bridgehead atoms. The fourth-order valence-corrected chi connectivity index (χ4v) is 2.81. The van der Waals surface area contributed by atoms with Gasteiger partial charge in [-0.2, -0.15) is 0 Å². The largest absolute Gasteiger partial charge is 0.486 e. The Bertz CT molecular complexity index is 503. The third kappa shape index (κ3) is 2.96. The summed E-state index contributed by atoms with van der Waals surface area (Å²) in [5.41, 5.74) is 2.56. The minimum Gasteiger partial charge on any atom is -0.486 e. The highest BCUT2D eigenvalue weighted by Gasteiger charge is 2.17. The number of hydrogen-bond donors (Lipinski definition) is 0. The number of ketones is 1. The summed E-state index contributed by atoms with van der Waals surface area (Å²) >= 11 is 0. The van der Waals surface area contributed by atoms with Gasteiger partial charge in [0.05, 0.1) is 0 Å². The normalized spacial score (nSPS) is 19.1. The Kier molecular flexibility index (Phi) is 3.92. The Balaban J connectivity index is 1.63. The zero-order valence-corrected chi connectivity index (χ0v) is 12.0. The van der Waals surface area contributed by atoms with E-state index in [1.807, 2.05) is 0 Å². The summed E-state index contributed by atoms with van der Waals surface area (Å²) in [6.07, 6.45) is 2.41. The quantitative estimate of drug-likeness (QED) is 0.845. The van der Waals surface area contributed by atoms with Crippen LogP contribution in [0.4, 0.5) is 0 Å². The Hall–Kier alpha value is -1.55. The monoisotopic (exact) mass is 275 g/mol. The molecule has 2 heterocycles. The number of carbonyl (C=O) groups excluding carboxylic acids is 1. The first-order valence-electron chi connectivity index (χ1n) is 7.35. The van der Waals surface area contributed by atoms with Crippen molar-refractivity contribution in [3.05, 3.63) is 23.3 Å². The average Bonchev–Trinajstić information content (AvgIpc) is 2.47. The number of benzene rings is 1. The molecule has 20 heavy (non-hydrogen) atoms. The summed E-state index contributed by atoms with van der Waals surface area (Å²) in [7, 11) is 0. The maximum Gasteiger partial charge on any atom is 0.161 e. The van der Waals surface area contributed by atoms with Crippen LogP contribution in [0.2, 0.25) is 0 Å². The Morgan fingerprint density at radius 2 is 1.75 bits per heavy atom. The van der Waals surface area contributed by atoms with Crippen molar-refractivity contribution in [3.63, 3.8) is 0 Å². The number of rotatable bonds is 3. The van der Waals surface area contributed by atoms with E-state index in [1.165, 1.54) is 11.1 Å². The van der Waals surface area contributed by atoms with Crippen LogP contribution in [-0.4, -0.2) is 43.5 Å². The first kappa shape index (κ1) is 13.4. The molecular formula is C16H21NO3. The fraction of sp³-hybridized carbons (Fsp3) is 0.562. The van der Waals surface area contributed by atoms with Gasteiger partial charge in [0.15, 0.2) is 11.5 Å². The number of carbonyl (C=O) groups is 1. The van der Waals surface area contributed by atoms with Gasteiger partial charge >= 0.3 is 0 Å². The van der Waals surface area contributed by atoms with E-state index >= 15 is 0 Å². The van der Waals surface area contributed by atoms with Gasteiger partial charge < -0.3 is 14.4 Å². The predicted molar refractivity (Wildman–Crippen MR) is 76.6 cm³/mol. The van der Waals surface area contributed by atoms with Crippen LogP contribution in [-0.2, 0) is 11.2 Å². The number of ether oxygens (including phenoxy) is 2. The molecule has 1 saturated heterocycles. The molecule has 1 aromatic rings. The maximum atomic E-state index is 11.2. The summed E-state index contributed by atoms with van der Waals surface area (Å²) in [6.45, 7) is 6.20. The third-order valence-corrected chi connectivity index (χ3v) is 4.11. The maximum absolute atomic E-state index is 11.2. The van der Waals surface area contributed by atoms with Crippen molar-refractivity contribution in [2.75, 3.05) is 32.8 Å². The van der Waals surface area contributed by atoms with Crippen LogP contribution < -0.4 is 9.47 Å². The lowest BCUT2D eigenvalue weighted by atomic mass is 10.0. The van der Waals surface area contributed by atoms with Crippen LogP contribution in [0.25, 0.3) is 0 Å². The highest BCUT2D eigenvalue weighted by atomic mass is 16.6. The smallest absolute Gasteiger partial charge is 0.161 e. The highest BCUT2D eigenvalue weighted by molar-refractivity contribution is 5.79. The summed E-state index contributed by atoms with van der Waals surface area (Å²) < 4.78 is 11.2. The van der Waals surface area contributed by atoms with E-state index in [1.54, 1.807) is 0 Å². The Morgan fingerprint density at radius 3 is 2.45 bits per heavy atom. The van der Waals surface area contributed by atoms with Crippen molar-refractivity contribution in [2.24, 2.45) is 0 Å². The van der Waals surface area contributed by atoms with Crippen molar-refractivity contribution in [2.45, 2.75) is 26.2 Å². The Morgan fingerprint density at radius 1 is 1.10 bits per heavy atom. The van der Waals surface area contributed by atoms with Crippen molar-refractivity contribution in [1.82, 2.24) is 4.90 Å². The minimum absolute atomic E-state index is 0.400. The molecule has 0 aliphatic carbocycles. The molecule has 0 amide bonds. The molecule has 3 rings (SSSR count). The van der Waals surface area contributed by atoms with Crippen molar-refractivity contribution < 1.29 is 14.3 Å². The van der Waals surface area contributed by atoms with Gasteiger partial charge in [-0.25, -0.2) is 0 Å². The van der Waals surface area contributed by atoms with Gasteiger partial charge in [-0.15, -0.1) is 0 Å². The van der Waals surface area contributed by atoms with Gasteiger partial charge in [0.1, 0.15) is 19.0 Å². The second-order valence-electron chi connectivity index (χ2n) is 5.55. The summed E-state index contributed by atoms with van der Waals surface area (Å²) in [5, 5.41) is 0. The highest BCUT2D eigenvalue weighted by Crippen LogP contribution is 2.33. The number of fused-ring (bicyclic) bond motifs is 1. The lowest BCUT2D eigenvalue weighted by Gasteiger charge is -2.26. The summed E-state index contributed by atoms with van der Waals surface area (Å²) in [6, 6.07) is 4.18. The molecule has 2 aliphatic rings. The summed E-state index contributed by atoms with van der Waals surface area (Å²) in [4.78, 5) is 13.6. The van der Waals surface area contributed by atoms with Gasteiger partial charge in [0.2, 0.25) is 0 Å². The van der Waals surface area contributed by atoms with Gasteiger partial charge in [0, 0.05) is 32.5 Å². The number of hydrogen-bond acceptors (Lipinski definition) is 4. The van der Waals surface area contributed by atoms with E-state index < -0.39 is 0 Å². The lowest BCUT2D eigenvalue weighted by Crippen LogP contribution is -2.35. The van der Waals surface area contributed by atoms with Crippen LogP contribution in [0.1, 0.15) is 24.0 Å². The minimum atomic E-state index is 0.400. The molecule has 4 heteroatoms. The number of nitrogens with zero attached hydrogens (tertiary/aromatic N) is 1. The van der Waals surface area contributed by atoms with Crippen LogP contribution >= 0.6 is 0 Å². The van der Waals surface area contributed by atoms with Gasteiger partial charge in [-0.05, 0) is 36.6 Å². The number of likely N-dealkylation sites (tertiary alicyclic amines) is 1. The number of piperidine rings is 1. The van der Waals surface area contributed by atoms with Crippen molar-refractivity contribution >= 4 is 5.78 Å². The molecule has 0 aromatic heterocycles. The summed E-state index contributed by atoms with van der Waals surface area (Å²) in [5.74, 6) is 2.13. The second kappa shape index (κ2) is 5.83. The van der Waals surface area contributed by atoms with Gasteiger partial charge in [-0.3, -0.25) is 4.79 Å². The third-order valence-electron chi connectivity index (χ3n) is 4.11. The number of Topliss-reactive ketones (excluding diaryl/α,β-unsaturated/α-hetero) is 1. The van der Waals surface area contributed by atoms with Gasteiger partial charge in [-0.1, -0.05) is 0 Å². The van der Waals surface area contributed by atoms with Crippen LogP contribution in [0.3, 0.4) is 0 Å². The molecule has 108 valence electrons. The topological polar surface area (TPSA) is 38.8 Å². The molecule has 4 nitrogen and oxygen atoms in total. The molecule has 0 N–H and O–H groups in total. The zero-order valence-electron chi connectivity index (χ0n) is 12.0. The van der Waals surface area contributed by atoms with Gasteiger partial charge in [0.25, 0.3) is 0 Å². The van der Waals surface area contributed by atoms with Crippen LogP contribution in [0, 0.1) is 6.92 Å². The van der Waals surface area contributed by atoms with E-state index in [-0.39, 0.29) is 0 Å². The molecule has 2 aliphatic heterocycles. The number of aryl methyl sites for hydroxylation is 1. The van der Waals surface area contributed by atoms with Crippen molar-refractivity contribution in [3.8, 4) is 11.5 Å². The first-order valence-corrected chi connectivity index (χ1v) is 7.35. The van der Waals surface area contributed by atoms with E-state index in [9.17, 15) is 4.79 Å². The van der Waals surface area contributed by atoms with E-state index in [4.69, 9.17) is 9.47 Å². The van der Waals surface area contributed by atoms with Crippen molar-refractivity contribution in [1.29, 1.82) is 0 Å². The van der Waals surface area contributed by atoms with Crippen LogP contribution in [0.15, 0.2) is 12.1 Å². The standard InChI is InChI=1S/C16H21NO3/c1-12-10-15-16(20-9-8-19-15)11-13(12)2-5-17-6-3-14(18)4-7-17/h10-11H,2-9H2,1H3. The van der Waals surface area contributed by atoms with E-state index in [0.29, 0.717) is 31.8 Å². The molecular weight excluding hydrogens is 254 g/mol. The zero-order chi connectivity index (χ0) is 13.9. The molecule has 0 saturated carbocycles. The average molecular weight is 275 g/mol. The molecule has 0 radical (unpaired) electrons. The first-order chi connectivity index (χ1) is 9.72. The SMILES string of the molecule is Cc1cc2c(cc1CCN1CCC(=O)CC1)OCCO2. The fourth-order valence-electron chi connectivity index (χ4n) is 2.81. The van der Waals surface area contributed by atoms with E-state index in [2.05, 4.69) is 24.0 Å². The molecule has 0 spiro atoms. The van der Waals surface area contributed by atoms with E-state index in [0.717, 1.165) is 37.6 Å². The van der Waals surface area contributed by atoms with Crippen LogP contribution in [0.5, 0.6) is 11.5 Å². The second-order valence-corrected chi connectivity index (χ2v) is 5.55. The Labute approximate surface area is 119 Å². The molecule has 0 unspecified atom stereocenters. The predicted octanol–water partition coefficient (Wildman–Crippen LogP) is 1.97. The molecule has 1 fully saturated rings. The molecule has 1 aromatic carbocycles.